The molecule has 0 aliphatic carbocycles. The molecule has 20 heavy (non-hydrogen) atoms. The van der Waals surface area contributed by atoms with E-state index in [1.54, 1.807) is 13.0 Å². The molecule has 0 heterocycles. The summed E-state index contributed by atoms with van der Waals surface area (Å²) in [4.78, 5) is 23.2. The third kappa shape index (κ3) is 4.09. The number of nitro benzene ring substituents is 1. The Hall–Kier alpha value is -1.82. The van der Waals surface area contributed by atoms with E-state index in [1.807, 2.05) is 11.9 Å². The quantitative estimate of drug-likeness (QED) is 0.459. The van der Waals surface area contributed by atoms with E-state index in [2.05, 4.69) is 4.74 Å². The second-order valence-electron chi connectivity index (χ2n) is 4.45. The van der Waals surface area contributed by atoms with E-state index in [0.717, 1.165) is 11.3 Å². The number of carbonyl (C=O) groups excluding carboxylic acids is 1. The molecule has 1 aromatic carbocycles. The third-order valence-corrected chi connectivity index (χ3v) is 3.28. The smallest absolute Gasteiger partial charge is 0.305 e. The van der Waals surface area contributed by atoms with Gasteiger partial charge in [0, 0.05) is 31.8 Å². The average molecular weight is 301 g/mol. The van der Waals surface area contributed by atoms with Gasteiger partial charge in [-0.15, -0.1) is 0 Å². The zero-order chi connectivity index (χ0) is 15.3. The number of anilines is 1. The Kier molecular flexibility index (Phi) is 5.76. The number of hydrogen-bond donors (Lipinski definition) is 0. The van der Waals surface area contributed by atoms with Crippen LogP contribution >= 0.6 is 11.6 Å². The van der Waals surface area contributed by atoms with Gasteiger partial charge < -0.3 is 9.64 Å². The summed E-state index contributed by atoms with van der Waals surface area (Å²) < 4.78 is 4.57. The Balaban J connectivity index is 2.78. The predicted molar refractivity (Wildman–Crippen MR) is 77.4 cm³/mol. The zero-order valence-corrected chi connectivity index (χ0v) is 12.4. The van der Waals surface area contributed by atoms with Crippen LogP contribution in [0.25, 0.3) is 0 Å². The Morgan fingerprint density at radius 2 is 2.15 bits per heavy atom. The number of nitrogens with zero attached hydrogens (tertiary/aromatic N) is 2. The highest BCUT2D eigenvalue weighted by molar-refractivity contribution is 6.33. The van der Waals surface area contributed by atoms with Crippen LogP contribution in [-0.2, 0) is 9.53 Å². The van der Waals surface area contributed by atoms with Crippen molar-refractivity contribution in [3.8, 4) is 0 Å². The molecule has 7 heteroatoms. The summed E-state index contributed by atoms with van der Waals surface area (Å²) in [6.45, 7) is 2.42. The number of ether oxygens (including phenoxy) is 1. The molecule has 6 nitrogen and oxygen atoms in total. The first-order valence-electron chi connectivity index (χ1n) is 6.09. The number of esters is 1. The molecule has 0 atom stereocenters. The van der Waals surface area contributed by atoms with Gasteiger partial charge in [-0.05, 0) is 25.0 Å². The van der Waals surface area contributed by atoms with Crippen molar-refractivity contribution in [2.24, 2.45) is 0 Å². The molecule has 110 valence electrons. The molecular formula is C13H17ClN2O4. The average Bonchev–Trinajstić information content (AvgIpc) is 2.40. The van der Waals surface area contributed by atoms with Crippen molar-refractivity contribution in [1.29, 1.82) is 0 Å². The van der Waals surface area contributed by atoms with Crippen LogP contribution in [0, 0.1) is 17.0 Å². The fraction of sp³-hybridized carbons (Fsp3) is 0.462. The van der Waals surface area contributed by atoms with E-state index in [9.17, 15) is 14.9 Å². The summed E-state index contributed by atoms with van der Waals surface area (Å²) in [7, 11) is 3.20. The molecule has 0 aliphatic rings. The van der Waals surface area contributed by atoms with Crippen LogP contribution in [0.1, 0.15) is 18.4 Å². The van der Waals surface area contributed by atoms with Crippen LogP contribution in [0.4, 0.5) is 11.4 Å². The Bertz CT molecular complexity index is 519. The highest BCUT2D eigenvalue weighted by Crippen LogP contribution is 2.32. The number of benzene rings is 1. The maximum absolute atomic E-state index is 11.0. The molecule has 0 fully saturated rings. The van der Waals surface area contributed by atoms with E-state index < -0.39 is 4.92 Å². The Labute approximate surface area is 122 Å². The molecular weight excluding hydrogens is 284 g/mol. The molecule has 1 rings (SSSR count). The zero-order valence-electron chi connectivity index (χ0n) is 11.7. The maximum Gasteiger partial charge on any atom is 0.305 e. The first kappa shape index (κ1) is 16.2. The van der Waals surface area contributed by atoms with Crippen molar-refractivity contribution < 1.29 is 14.5 Å². The van der Waals surface area contributed by atoms with E-state index in [0.29, 0.717) is 19.4 Å². The van der Waals surface area contributed by atoms with Crippen LogP contribution < -0.4 is 4.90 Å². The number of rotatable bonds is 6. The SMILES string of the molecule is COC(=O)CCCN(C)c1cc(Cl)c([N+](=O)[O-])cc1C. The van der Waals surface area contributed by atoms with Crippen LogP contribution in [0.2, 0.25) is 5.02 Å². The summed E-state index contributed by atoms with van der Waals surface area (Å²) in [5, 5.41) is 10.9. The summed E-state index contributed by atoms with van der Waals surface area (Å²) in [5.74, 6) is -0.253. The van der Waals surface area contributed by atoms with Crippen molar-refractivity contribution in [3.63, 3.8) is 0 Å². The number of halogens is 1. The number of carbonyl (C=O) groups is 1. The standard InChI is InChI=1S/C13H17ClN2O4/c1-9-7-12(16(18)19)10(14)8-11(9)15(2)6-4-5-13(17)20-3/h7-8H,4-6H2,1-3H3. The van der Waals surface area contributed by atoms with Crippen molar-refractivity contribution in [2.75, 3.05) is 25.6 Å². The first-order valence-corrected chi connectivity index (χ1v) is 6.47. The molecule has 0 aliphatic heterocycles. The minimum atomic E-state index is -0.504. The van der Waals surface area contributed by atoms with Gasteiger partial charge in [0.2, 0.25) is 0 Å². The lowest BCUT2D eigenvalue weighted by Gasteiger charge is -2.21. The second kappa shape index (κ2) is 7.09. The number of methoxy groups -OCH3 is 1. The van der Waals surface area contributed by atoms with Crippen molar-refractivity contribution in [3.05, 3.63) is 32.8 Å². The molecule has 1 aromatic rings. The van der Waals surface area contributed by atoms with Gasteiger partial charge in [-0.2, -0.15) is 0 Å². The minimum absolute atomic E-state index is 0.101. The predicted octanol–water partition coefficient (Wildman–Crippen LogP) is 2.95. The molecule has 0 saturated heterocycles. The van der Waals surface area contributed by atoms with E-state index in [-0.39, 0.29) is 16.7 Å². The van der Waals surface area contributed by atoms with Crippen LogP contribution in [0.3, 0.4) is 0 Å². The Morgan fingerprint density at radius 1 is 1.50 bits per heavy atom. The lowest BCUT2D eigenvalue weighted by Crippen LogP contribution is -2.20. The van der Waals surface area contributed by atoms with Crippen molar-refractivity contribution >= 4 is 28.9 Å². The highest BCUT2D eigenvalue weighted by Gasteiger charge is 2.16. The number of hydrogen-bond acceptors (Lipinski definition) is 5. The fourth-order valence-electron chi connectivity index (χ4n) is 1.89. The lowest BCUT2D eigenvalue weighted by atomic mass is 10.1. The topological polar surface area (TPSA) is 72.7 Å². The largest absolute Gasteiger partial charge is 0.469 e. The van der Waals surface area contributed by atoms with Crippen LogP contribution in [0.15, 0.2) is 12.1 Å². The minimum Gasteiger partial charge on any atom is -0.469 e. The van der Waals surface area contributed by atoms with Gasteiger partial charge >= 0.3 is 5.97 Å². The number of aryl methyl sites for hydroxylation is 1. The van der Waals surface area contributed by atoms with Gasteiger partial charge in [0.15, 0.2) is 0 Å². The van der Waals surface area contributed by atoms with Gasteiger partial charge in [-0.1, -0.05) is 11.6 Å². The highest BCUT2D eigenvalue weighted by atomic mass is 35.5. The summed E-state index contributed by atoms with van der Waals surface area (Å²) in [6.07, 6.45) is 0.970. The fourth-order valence-corrected chi connectivity index (χ4v) is 2.12. The van der Waals surface area contributed by atoms with Crippen molar-refractivity contribution in [2.45, 2.75) is 19.8 Å². The molecule has 0 amide bonds. The molecule has 0 N–H and O–H groups in total. The van der Waals surface area contributed by atoms with E-state index >= 15 is 0 Å². The third-order valence-electron chi connectivity index (χ3n) is 2.98. The normalized spacial score (nSPS) is 10.2. The van der Waals surface area contributed by atoms with E-state index in [4.69, 9.17) is 11.6 Å². The monoisotopic (exact) mass is 300 g/mol. The second-order valence-corrected chi connectivity index (χ2v) is 4.86. The van der Waals surface area contributed by atoms with Gasteiger partial charge in [0.25, 0.3) is 5.69 Å². The summed E-state index contributed by atoms with van der Waals surface area (Å²) in [5.41, 5.74) is 1.48. The maximum atomic E-state index is 11.0. The van der Waals surface area contributed by atoms with Gasteiger partial charge in [-0.3, -0.25) is 14.9 Å². The Morgan fingerprint density at radius 3 is 2.70 bits per heavy atom. The van der Waals surface area contributed by atoms with Gasteiger partial charge in [-0.25, -0.2) is 0 Å². The van der Waals surface area contributed by atoms with Crippen LogP contribution in [0.5, 0.6) is 0 Å². The summed E-state index contributed by atoms with van der Waals surface area (Å²) in [6, 6.07) is 3.03. The van der Waals surface area contributed by atoms with Gasteiger partial charge in [0.05, 0.1) is 12.0 Å². The first-order chi connectivity index (χ1) is 9.36. The molecule has 0 spiro atoms. The van der Waals surface area contributed by atoms with Crippen LogP contribution in [-0.4, -0.2) is 31.6 Å². The van der Waals surface area contributed by atoms with Crippen molar-refractivity contribution in [1.82, 2.24) is 0 Å². The molecule has 0 unspecified atom stereocenters. The molecule has 0 radical (unpaired) electrons. The summed E-state index contributed by atoms with van der Waals surface area (Å²) >= 11 is 5.90. The molecule has 0 bridgehead atoms. The molecule has 0 saturated carbocycles. The van der Waals surface area contributed by atoms with Gasteiger partial charge in [0.1, 0.15) is 5.02 Å². The molecule has 0 aromatic heterocycles. The number of nitro groups is 1. The lowest BCUT2D eigenvalue weighted by molar-refractivity contribution is -0.384. The van der Waals surface area contributed by atoms with E-state index in [1.165, 1.54) is 13.2 Å².